The molecule has 0 aromatic rings. The SMILES string of the molecule is COC(=O)N1C(=O)C[C@H]2CC=C(C#N)O[C@@H]21. The third kappa shape index (κ3) is 1.50. The molecule has 2 aliphatic heterocycles. The summed E-state index contributed by atoms with van der Waals surface area (Å²) in [5.74, 6) is -0.261. The van der Waals surface area contributed by atoms with Crippen LogP contribution in [0.2, 0.25) is 0 Å². The quantitative estimate of drug-likeness (QED) is 0.604. The van der Waals surface area contributed by atoms with E-state index in [1.807, 2.05) is 6.07 Å². The van der Waals surface area contributed by atoms with Crippen LogP contribution in [0.25, 0.3) is 0 Å². The van der Waals surface area contributed by atoms with Crippen molar-refractivity contribution >= 4 is 12.0 Å². The van der Waals surface area contributed by atoms with Gasteiger partial charge in [-0.05, 0) is 12.5 Å². The molecule has 6 nitrogen and oxygen atoms in total. The minimum absolute atomic E-state index is 0.0799. The summed E-state index contributed by atoms with van der Waals surface area (Å²) in [7, 11) is 1.20. The van der Waals surface area contributed by atoms with Gasteiger partial charge in [-0.25, -0.2) is 9.69 Å². The van der Waals surface area contributed by atoms with Gasteiger partial charge in [0, 0.05) is 12.3 Å². The number of hydrogen-bond donors (Lipinski definition) is 0. The van der Waals surface area contributed by atoms with Crippen LogP contribution in [0.1, 0.15) is 12.8 Å². The number of methoxy groups -OCH3 is 1. The highest BCUT2D eigenvalue weighted by molar-refractivity contribution is 5.94. The number of imide groups is 1. The molecule has 84 valence electrons. The predicted molar refractivity (Wildman–Crippen MR) is 50.5 cm³/mol. The minimum atomic E-state index is -0.739. The van der Waals surface area contributed by atoms with E-state index in [0.717, 1.165) is 4.90 Å². The Morgan fingerprint density at radius 3 is 3.12 bits per heavy atom. The zero-order valence-electron chi connectivity index (χ0n) is 8.67. The van der Waals surface area contributed by atoms with Gasteiger partial charge >= 0.3 is 6.09 Å². The Labute approximate surface area is 92.0 Å². The molecule has 1 fully saturated rings. The first-order valence-electron chi connectivity index (χ1n) is 4.84. The zero-order valence-corrected chi connectivity index (χ0v) is 8.67. The number of ether oxygens (including phenoxy) is 2. The summed E-state index contributed by atoms with van der Waals surface area (Å²) in [6.45, 7) is 0. The monoisotopic (exact) mass is 222 g/mol. The van der Waals surface area contributed by atoms with Crippen molar-refractivity contribution in [2.75, 3.05) is 7.11 Å². The third-order valence-electron chi connectivity index (χ3n) is 2.70. The van der Waals surface area contributed by atoms with Crippen LogP contribution in [0.15, 0.2) is 11.8 Å². The lowest BCUT2D eigenvalue weighted by atomic mass is 10.0. The second-order valence-electron chi connectivity index (χ2n) is 3.62. The maximum atomic E-state index is 11.6. The predicted octanol–water partition coefficient (Wildman–Crippen LogP) is 0.755. The number of fused-ring (bicyclic) bond motifs is 1. The molecular weight excluding hydrogens is 212 g/mol. The maximum absolute atomic E-state index is 11.6. The maximum Gasteiger partial charge on any atom is 0.419 e. The molecule has 16 heavy (non-hydrogen) atoms. The van der Waals surface area contributed by atoms with E-state index >= 15 is 0 Å². The van der Waals surface area contributed by atoms with E-state index in [9.17, 15) is 9.59 Å². The molecule has 0 aromatic carbocycles. The van der Waals surface area contributed by atoms with Gasteiger partial charge in [-0.15, -0.1) is 0 Å². The van der Waals surface area contributed by atoms with Crippen molar-refractivity contribution in [1.29, 1.82) is 5.26 Å². The smallest absolute Gasteiger partial charge is 0.419 e. The number of likely N-dealkylation sites (tertiary alicyclic amines) is 1. The van der Waals surface area contributed by atoms with Gasteiger partial charge in [0.05, 0.1) is 7.11 Å². The van der Waals surface area contributed by atoms with Gasteiger partial charge in [0.1, 0.15) is 6.07 Å². The number of amides is 2. The molecule has 0 radical (unpaired) electrons. The zero-order chi connectivity index (χ0) is 11.7. The lowest BCUT2D eigenvalue weighted by Crippen LogP contribution is -2.42. The van der Waals surface area contributed by atoms with Crippen molar-refractivity contribution in [2.24, 2.45) is 5.92 Å². The fraction of sp³-hybridized carbons (Fsp3) is 0.500. The second kappa shape index (κ2) is 3.85. The Hall–Kier alpha value is -2.03. The number of nitrogens with zero attached hydrogens (tertiary/aromatic N) is 2. The lowest BCUT2D eigenvalue weighted by molar-refractivity contribution is -0.131. The highest BCUT2D eigenvalue weighted by atomic mass is 16.6. The first-order chi connectivity index (χ1) is 7.67. The lowest BCUT2D eigenvalue weighted by Gasteiger charge is -2.28. The van der Waals surface area contributed by atoms with E-state index < -0.39 is 12.3 Å². The van der Waals surface area contributed by atoms with Crippen LogP contribution >= 0.6 is 0 Å². The summed E-state index contributed by atoms with van der Waals surface area (Å²) in [6.07, 6.45) is 1.01. The number of hydrogen-bond acceptors (Lipinski definition) is 5. The summed E-state index contributed by atoms with van der Waals surface area (Å²) in [5, 5.41) is 8.70. The summed E-state index contributed by atoms with van der Waals surface area (Å²) >= 11 is 0. The van der Waals surface area contributed by atoms with E-state index in [0.29, 0.717) is 6.42 Å². The van der Waals surface area contributed by atoms with Gasteiger partial charge in [-0.2, -0.15) is 5.26 Å². The summed E-state index contributed by atoms with van der Waals surface area (Å²) in [6, 6.07) is 1.86. The molecule has 6 heteroatoms. The summed E-state index contributed by atoms with van der Waals surface area (Å²) in [5.41, 5.74) is 0. The molecular formula is C10H10N2O4. The molecule has 2 heterocycles. The minimum Gasteiger partial charge on any atom is -0.460 e. The standard InChI is InChI=1S/C10H10N2O4/c1-15-10(14)12-8(13)4-6-2-3-7(5-11)16-9(6)12/h3,6,9H,2,4H2,1H3/t6-,9+/m1/s1. The number of carbonyl (C=O) groups is 2. The highest BCUT2D eigenvalue weighted by Gasteiger charge is 2.47. The summed E-state index contributed by atoms with van der Waals surface area (Å²) < 4.78 is 9.78. The molecule has 2 rings (SSSR count). The molecule has 0 bridgehead atoms. The summed E-state index contributed by atoms with van der Waals surface area (Å²) in [4.78, 5) is 23.9. The molecule has 0 aliphatic carbocycles. The van der Waals surface area contributed by atoms with Gasteiger partial charge in [-0.1, -0.05) is 0 Å². The Balaban J connectivity index is 2.23. The molecule has 0 aromatic heterocycles. The molecule has 0 spiro atoms. The van der Waals surface area contributed by atoms with Crippen LogP contribution < -0.4 is 0 Å². The average Bonchev–Trinajstić information content (AvgIpc) is 2.63. The van der Waals surface area contributed by atoms with Crippen LogP contribution in [0.4, 0.5) is 4.79 Å². The topological polar surface area (TPSA) is 79.6 Å². The Morgan fingerprint density at radius 2 is 2.50 bits per heavy atom. The largest absolute Gasteiger partial charge is 0.460 e. The van der Waals surface area contributed by atoms with E-state index in [2.05, 4.69) is 4.74 Å². The Bertz CT molecular complexity index is 410. The second-order valence-corrected chi connectivity index (χ2v) is 3.62. The molecule has 2 aliphatic rings. The van der Waals surface area contributed by atoms with Crippen molar-refractivity contribution in [3.63, 3.8) is 0 Å². The normalized spacial score (nSPS) is 27.6. The molecule has 0 N–H and O–H groups in total. The van der Waals surface area contributed by atoms with Crippen molar-refractivity contribution in [2.45, 2.75) is 19.1 Å². The van der Waals surface area contributed by atoms with Gasteiger partial charge in [-0.3, -0.25) is 4.79 Å². The third-order valence-corrected chi connectivity index (χ3v) is 2.70. The van der Waals surface area contributed by atoms with E-state index in [1.54, 1.807) is 6.08 Å². The van der Waals surface area contributed by atoms with E-state index in [-0.39, 0.29) is 24.0 Å². The molecule has 2 atom stereocenters. The number of carbonyl (C=O) groups excluding carboxylic acids is 2. The van der Waals surface area contributed by atoms with Crippen molar-refractivity contribution in [3.05, 3.63) is 11.8 Å². The van der Waals surface area contributed by atoms with Gasteiger partial charge in [0.25, 0.3) is 0 Å². The Morgan fingerprint density at radius 1 is 1.75 bits per heavy atom. The molecule has 2 amide bonds. The first kappa shape index (κ1) is 10.5. The van der Waals surface area contributed by atoms with Crippen LogP contribution in [0.3, 0.4) is 0 Å². The number of rotatable bonds is 0. The molecule has 1 saturated heterocycles. The molecule has 0 unspecified atom stereocenters. The van der Waals surface area contributed by atoms with Gasteiger partial charge in [0.15, 0.2) is 12.0 Å². The van der Waals surface area contributed by atoms with Crippen LogP contribution in [-0.2, 0) is 14.3 Å². The molecule has 0 saturated carbocycles. The Kier molecular flexibility index (Phi) is 2.52. The fourth-order valence-corrected chi connectivity index (χ4v) is 1.94. The van der Waals surface area contributed by atoms with Crippen molar-refractivity contribution < 1.29 is 19.1 Å². The van der Waals surface area contributed by atoms with E-state index in [4.69, 9.17) is 10.00 Å². The van der Waals surface area contributed by atoms with E-state index in [1.165, 1.54) is 7.11 Å². The fourth-order valence-electron chi connectivity index (χ4n) is 1.94. The van der Waals surface area contributed by atoms with Crippen LogP contribution in [0.5, 0.6) is 0 Å². The number of allylic oxidation sites excluding steroid dienone is 2. The highest BCUT2D eigenvalue weighted by Crippen LogP contribution is 2.34. The van der Waals surface area contributed by atoms with Gasteiger partial charge < -0.3 is 9.47 Å². The van der Waals surface area contributed by atoms with Gasteiger partial charge in [0.2, 0.25) is 5.91 Å². The first-order valence-corrected chi connectivity index (χ1v) is 4.84. The average molecular weight is 222 g/mol. The van der Waals surface area contributed by atoms with Crippen molar-refractivity contribution in [3.8, 4) is 6.07 Å². The van der Waals surface area contributed by atoms with Crippen molar-refractivity contribution in [1.82, 2.24) is 4.90 Å². The number of nitriles is 1. The van der Waals surface area contributed by atoms with Crippen LogP contribution in [0, 0.1) is 17.2 Å². The van der Waals surface area contributed by atoms with Crippen LogP contribution in [-0.4, -0.2) is 30.2 Å².